The summed E-state index contributed by atoms with van der Waals surface area (Å²) in [5, 5.41) is 64.3. The Morgan fingerprint density at radius 2 is 0.667 bits per heavy atom. The molecule has 1 aromatic heterocycles. The fourth-order valence-corrected chi connectivity index (χ4v) is 4.87. The molecule has 0 aliphatic heterocycles. The van der Waals surface area contributed by atoms with Crippen LogP contribution in [0.25, 0.3) is 34.2 Å². The van der Waals surface area contributed by atoms with Crippen LogP contribution in [0.2, 0.25) is 0 Å². The van der Waals surface area contributed by atoms with Gasteiger partial charge in [-0.1, -0.05) is 0 Å². The van der Waals surface area contributed by atoms with E-state index in [2.05, 4.69) is 15.0 Å². The highest BCUT2D eigenvalue weighted by molar-refractivity contribution is 5.74. The van der Waals surface area contributed by atoms with E-state index < -0.39 is 35.1 Å². The largest absolute Gasteiger partial charge is 0.507 e. The maximum absolute atomic E-state index is 11.1. The summed E-state index contributed by atoms with van der Waals surface area (Å²) in [6.45, 7) is 16.8. The third-order valence-electron chi connectivity index (χ3n) is 7.72. The number of hydrogen-bond donors (Lipinski definition) is 6. The lowest BCUT2D eigenvalue weighted by atomic mass is 10.1. The average Bonchev–Trinajstić information content (AvgIpc) is 3.12. The van der Waals surface area contributed by atoms with Crippen LogP contribution < -0.4 is 14.2 Å². The lowest BCUT2D eigenvalue weighted by Crippen LogP contribution is -2.29. The first kappa shape index (κ1) is 44.9. The van der Waals surface area contributed by atoms with Crippen molar-refractivity contribution in [1.82, 2.24) is 15.0 Å². The second kappa shape index (κ2) is 19.1. The van der Waals surface area contributed by atoms with Gasteiger partial charge in [0.1, 0.15) is 72.6 Å². The Labute approximate surface area is 333 Å². The molecule has 4 aromatic rings. The van der Waals surface area contributed by atoms with Crippen molar-refractivity contribution < 1.29 is 59.1 Å². The second-order valence-corrected chi connectivity index (χ2v) is 16.5. The Bertz CT molecular complexity index is 1690. The van der Waals surface area contributed by atoms with Gasteiger partial charge in [-0.15, -0.1) is 0 Å². The molecule has 3 aromatic carbocycles. The van der Waals surface area contributed by atoms with Gasteiger partial charge in [-0.05, 0) is 98.7 Å². The minimum Gasteiger partial charge on any atom is -0.507 e. The molecule has 0 aliphatic rings. The Morgan fingerprint density at radius 3 is 0.877 bits per heavy atom. The maximum atomic E-state index is 11.1. The molecule has 3 unspecified atom stereocenters. The first-order valence-electron chi connectivity index (χ1n) is 18.7. The predicted octanol–water partition coefficient (Wildman–Crippen LogP) is 5.65. The highest BCUT2D eigenvalue weighted by atomic mass is 16.5. The maximum Gasteiger partial charge on any atom is 0.167 e. The summed E-state index contributed by atoms with van der Waals surface area (Å²) in [6, 6.07) is 13.4. The van der Waals surface area contributed by atoms with Crippen LogP contribution in [-0.4, -0.2) is 120 Å². The van der Waals surface area contributed by atoms with Crippen LogP contribution in [0.15, 0.2) is 54.6 Å². The highest BCUT2D eigenvalue weighted by Crippen LogP contribution is 2.38. The number of benzene rings is 3. The monoisotopic (exact) mass is 795 g/mol. The van der Waals surface area contributed by atoms with Gasteiger partial charge in [0.25, 0.3) is 0 Å². The minimum absolute atomic E-state index is 0.000978. The van der Waals surface area contributed by atoms with Crippen LogP contribution in [0.1, 0.15) is 62.3 Å². The number of ether oxygens (including phenoxy) is 6. The molecule has 0 amide bonds. The summed E-state index contributed by atoms with van der Waals surface area (Å²) in [6.07, 6.45) is -2.73. The standard InChI is InChI=1S/C42H57N3O12/c1-40(2,3)55-22-25(46)19-52-28-10-13-31(34(49)16-28)37-43-38(32-14-11-29(17-35(32)50)53-20-26(47)23-56-41(4,5)6)45-39(44-37)33-15-12-30(18-36(33)51)54-21-27(48)24-57-42(7,8)9/h10-18,25-27,46-51H,19-24H2,1-9H3. The van der Waals surface area contributed by atoms with Gasteiger partial charge in [-0.25, -0.2) is 15.0 Å². The fraction of sp³-hybridized carbons (Fsp3) is 0.500. The molecule has 0 saturated heterocycles. The molecule has 0 radical (unpaired) electrons. The molecule has 15 heteroatoms. The lowest BCUT2D eigenvalue weighted by Gasteiger charge is -2.22. The zero-order valence-electron chi connectivity index (χ0n) is 34.1. The molecular weight excluding hydrogens is 738 g/mol. The van der Waals surface area contributed by atoms with Gasteiger partial charge in [0, 0.05) is 18.2 Å². The molecule has 0 saturated carbocycles. The summed E-state index contributed by atoms with van der Waals surface area (Å²) in [5.41, 5.74) is -0.752. The van der Waals surface area contributed by atoms with E-state index in [1.807, 2.05) is 62.3 Å². The number of rotatable bonds is 18. The molecule has 0 bridgehead atoms. The Balaban J connectivity index is 1.63. The van der Waals surface area contributed by atoms with Gasteiger partial charge in [0.05, 0.1) is 53.3 Å². The summed E-state index contributed by atoms with van der Waals surface area (Å²) >= 11 is 0. The van der Waals surface area contributed by atoms with Crippen molar-refractivity contribution in [3.8, 4) is 68.7 Å². The van der Waals surface area contributed by atoms with E-state index in [1.165, 1.54) is 36.4 Å². The van der Waals surface area contributed by atoms with E-state index in [4.69, 9.17) is 28.4 Å². The van der Waals surface area contributed by atoms with Crippen LogP contribution in [-0.2, 0) is 14.2 Å². The molecule has 312 valence electrons. The van der Waals surface area contributed by atoms with Crippen LogP contribution in [0.5, 0.6) is 34.5 Å². The number of aliphatic hydroxyl groups is 3. The molecule has 6 N–H and O–H groups in total. The van der Waals surface area contributed by atoms with Crippen LogP contribution in [0, 0.1) is 0 Å². The third-order valence-corrected chi connectivity index (χ3v) is 7.72. The summed E-state index contributed by atoms with van der Waals surface area (Å²) in [7, 11) is 0. The number of hydrogen-bond acceptors (Lipinski definition) is 15. The van der Waals surface area contributed by atoms with Gasteiger partial charge in [-0.3, -0.25) is 0 Å². The third kappa shape index (κ3) is 14.9. The van der Waals surface area contributed by atoms with Gasteiger partial charge in [0.15, 0.2) is 17.5 Å². The highest BCUT2D eigenvalue weighted by Gasteiger charge is 2.21. The van der Waals surface area contributed by atoms with E-state index in [9.17, 15) is 30.6 Å². The van der Waals surface area contributed by atoms with Crippen molar-refractivity contribution >= 4 is 0 Å². The Morgan fingerprint density at radius 1 is 0.421 bits per heavy atom. The van der Waals surface area contributed by atoms with E-state index in [0.717, 1.165) is 0 Å². The van der Waals surface area contributed by atoms with Crippen LogP contribution in [0.3, 0.4) is 0 Å². The van der Waals surface area contributed by atoms with E-state index >= 15 is 0 Å². The Hall–Kier alpha value is -4.77. The number of nitrogens with zero attached hydrogens (tertiary/aromatic N) is 3. The van der Waals surface area contributed by atoms with Gasteiger partial charge >= 0.3 is 0 Å². The normalized spacial score (nSPS) is 13.9. The van der Waals surface area contributed by atoms with Crippen molar-refractivity contribution in [2.45, 2.75) is 97.4 Å². The first-order chi connectivity index (χ1) is 26.5. The van der Waals surface area contributed by atoms with Crippen LogP contribution >= 0.6 is 0 Å². The fourth-order valence-electron chi connectivity index (χ4n) is 4.87. The van der Waals surface area contributed by atoms with Gasteiger partial charge < -0.3 is 59.1 Å². The first-order valence-corrected chi connectivity index (χ1v) is 18.7. The number of phenols is 3. The number of phenolic OH excluding ortho intramolecular Hbond substituents is 3. The van der Waals surface area contributed by atoms with Crippen molar-refractivity contribution in [1.29, 1.82) is 0 Å². The van der Waals surface area contributed by atoms with E-state index in [-0.39, 0.29) is 108 Å². The number of aromatic hydroxyl groups is 3. The molecule has 3 atom stereocenters. The quantitative estimate of drug-likeness (QED) is 0.0717. The Kier molecular flexibility index (Phi) is 15.1. The van der Waals surface area contributed by atoms with Gasteiger partial charge in [0.2, 0.25) is 0 Å². The molecule has 4 rings (SSSR count). The predicted molar refractivity (Wildman–Crippen MR) is 213 cm³/mol. The zero-order valence-corrected chi connectivity index (χ0v) is 34.1. The van der Waals surface area contributed by atoms with Crippen molar-refractivity contribution in [3.05, 3.63) is 54.6 Å². The average molecular weight is 796 g/mol. The summed E-state index contributed by atoms with van der Waals surface area (Å²) in [5.74, 6) is 0.0645. The molecule has 57 heavy (non-hydrogen) atoms. The topological polar surface area (TPSA) is 215 Å². The minimum atomic E-state index is -0.909. The molecule has 1 heterocycles. The van der Waals surface area contributed by atoms with Crippen molar-refractivity contribution in [3.63, 3.8) is 0 Å². The number of aromatic nitrogens is 3. The van der Waals surface area contributed by atoms with E-state index in [0.29, 0.717) is 0 Å². The van der Waals surface area contributed by atoms with E-state index in [1.54, 1.807) is 18.2 Å². The van der Waals surface area contributed by atoms with Gasteiger partial charge in [-0.2, -0.15) is 0 Å². The molecule has 0 aliphatic carbocycles. The molecule has 15 nitrogen and oxygen atoms in total. The number of aliphatic hydroxyl groups excluding tert-OH is 3. The lowest BCUT2D eigenvalue weighted by molar-refractivity contribution is -0.0587. The molecule has 0 spiro atoms. The zero-order chi connectivity index (χ0) is 42.1. The smallest absolute Gasteiger partial charge is 0.167 e. The summed E-state index contributed by atoms with van der Waals surface area (Å²) < 4.78 is 33.9. The van der Waals surface area contributed by atoms with Crippen LogP contribution in [0.4, 0.5) is 0 Å². The van der Waals surface area contributed by atoms with Crippen molar-refractivity contribution in [2.75, 3.05) is 39.6 Å². The molecule has 0 fully saturated rings. The summed E-state index contributed by atoms with van der Waals surface area (Å²) in [4.78, 5) is 13.7. The van der Waals surface area contributed by atoms with Crippen molar-refractivity contribution in [2.24, 2.45) is 0 Å². The molecular formula is C42H57N3O12. The second-order valence-electron chi connectivity index (χ2n) is 16.5. The SMILES string of the molecule is CC(C)(C)OCC(O)COc1ccc(-c2nc(-c3ccc(OCC(O)COC(C)(C)C)cc3O)nc(-c3ccc(OCC(O)COC(C)(C)C)cc3O)n2)c(O)c1.